The van der Waals surface area contributed by atoms with Crippen LogP contribution in [0.4, 0.5) is 0 Å². The lowest BCUT2D eigenvalue weighted by Crippen LogP contribution is -2.21. The van der Waals surface area contributed by atoms with Gasteiger partial charge in [0.25, 0.3) is 0 Å². The Labute approximate surface area is 131 Å². The highest BCUT2D eigenvalue weighted by atomic mass is 127. The highest BCUT2D eigenvalue weighted by molar-refractivity contribution is 14.1. The molecule has 2 aromatic rings. The molecular formula is C15H16INO3. The van der Waals surface area contributed by atoms with Gasteiger partial charge in [0.05, 0.1) is 13.2 Å². The van der Waals surface area contributed by atoms with Gasteiger partial charge in [-0.05, 0) is 59.0 Å². The second-order valence-corrected chi connectivity index (χ2v) is 5.48. The van der Waals surface area contributed by atoms with Crippen LogP contribution in [0.3, 0.4) is 0 Å². The first-order valence-electron chi connectivity index (χ1n) is 6.32. The van der Waals surface area contributed by atoms with Crippen LogP contribution < -0.4 is 5.32 Å². The molecule has 0 amide bonds. The molecule has 1 heterocycles. The fourth-order valence-electron chi connectivity index (χ4n) is 1.96. The molecule has 0 fully saturated rings. The summed E-state index contributed by atoms with van der Waals surface area (Å²) in [7, 11) is 1.34. The molecule has 1 N–H and O–H groups in total. The van der Waals surface area contributed by atoms with E-state index >= 15 is 0 Å². The zero-order chi connectivity index (χ0) is 14.5. The molecule has 2 rings (SSSR count). The van der Waals surface area contributed by atoms with Crippen molar-refractivity contribution in [1.82, 2.24) is 5.32 Å². The molecule has 1 aromatic carbocycles. The second kappa shape index (κ2) is 6.90. The lowest BCUT2D eigenvalue weighted by molar-refractivity contribution is 0.0562. The Balaban J connectivity index is 2.30. The van der Waals surface area contributed by atoms with Crippen molar-refractivity contribution in [1.29, 1.82) is 0 Å². The maximum atomic E-state index is 11.5. The summed E-state index contributed by atoms with van der Waals surface area (Å²) < 4.78 is 11.4. The number of benzene rings is 1. The molecule has 1 unspecified atom stereocenters. The van der Waals surface area contributed by atoms with Gasteiger partial charge in [0, 0.05) is 3.57 Å². The number of rotatable bonds is 5. The molecule has 0 aliphatic heterocycles. The normalized spacial score (nSPS) is 12.2. The molecule has 106 valence electrons. The number of hydrogen-bond acceptors (Lipinski definition) is 4. The van der Waals surface area contributed by atoms with Gasteiger partial charge in [-0.2, -0.15) is 0 Å². The van der Waals surface area contributed by atoms with Gasteiger partial charge in [-0.15, -0.1) is 0 Å². The Morgan fingerprint density at radius 1 is 1.30 bits per heavy atom. The minimum absolute atomic E-state index is 0.0737. The molecule has 0 radical (unpaired) electrons. The molecule has 1 atom stereocenters. The third-order valence-electron chi connectivity index (χ3n) is 2.91. The zero-order valence-corrected chi connectivity index (χ0v) is 13.5. The first-order chi connectivity index (χ1) is 9.65. The van der Waals surface area contributed by atoms with Gasteiger partial charge in [-0.1, -0.05) is 19.1 Å². The van der Waals surface area contributed by atoms with Crippen molar-refractivity contribution in [3.05, 3.63) is 57.1 Å². The van der Waals surface area contributed by atoms with Crippen molar-refractivity contribution in [2.24, 2.45) is 0 Å². The van der Waals surface area contributed by atoms with Gasteiger partial charge >= 0.3 is 5.97 Å². The Kier molecular flexibility index (Phi) is 5.19. The summed E-state index contributed by atoms with van der Waals surface area (Å²) >= 11 is 2.27. The van der Waals surface area contributed by atoms with Gasteiger partial charge in [0.2, 0.25) is 5.76 Å². The van der Waals surface area contributed by atoms with Crippen LogP contribution in [0.2, 0.25) is 0 Å². The molecule has 5 heteroatoms. The fraction of sp³-hybridized carbons (Fsp3) is 0.267. The molecule has 0 saturated carbocycles. The highest BCUT2D eigenvalue weighted by Crippen LogP contribution is 2.25. The zero-order valence-electron chi connectivity index (χ0n) is 11.4. The monoisotopic (exact) mass is 385 g/mol. The van der Waals surface area contributed by atoms with Crippen LogP contribution in [0.25, 0.3) is 0 Å². The first kappa shape index (κ1) is 15.1. The van der Waals surface area contributed by atoms with Crippen LogP contribution >= 0.6 is 22.6 Å². The third-order valence-corrected chi connectivity index (χ3v) is 3.63. The largest absolute Gasteiger partial charge is 0.463 e. The second-order valence-electron chi connectivity index (χ2n) is 4.24. The molecule has 0 saturated heterocycles. The van der Waals surface area contributed by atoms with E-state index in [0.29, 0.717) is 5.76 Å². The molecule has 4 nitrogen and oxygen atoms in total. The number of carbonyl (C=O) groups excluding carboxylic acids is 1. The Morgan fingerprint density at radius 2 is 2.00 bits per heavy atom. The van der Waals surface area contributed by atoms with Gasteiger partial charge in [0.1, 0.15) is 5.76 Å². The number of carbonyl (C=O) groups is 1. The number of nitrogens with one attached hydrogen (secondary N) is 1. The van der Waals surface area contributed by atoms with Gasteiger partial charge in [0.15, 0.2) is 0 Å². The van der Waals surface area contributed by atoms with E-state index in [4.69, 9.17) is 4.42 Å². The molecule has 0 aliphatic carbocycles. The maximum absolute atomic E-state index is 11.5. The van der Waals surface area contributed by atoms with Crippen LogP contribution in [0.15, 0.2) is 40.8 Å². The SMILES string of the molecule is CCNC(c1ccc(I)cc1)c1ccc(C(=O)OC)o1. The molecule has 0 spiro atoms. The van der Waals surface area contributed by atoms with Crippen molar-refractivity contribution in [3.8, 4) is 0 Å². The average Bonchev–Trinajstić information content (AvgIpc) is 2.94. The number of halogens is 1. The summed E-state index contributed by atoms with van der Waals surface area (Å²) in [5.41, 5.74) is 1.10. The standard InChI is InChI=1S/C15H16INO3/c1-3-17-14(10-4-6-11(16)7-5-10)12-8-9-13(20-12)15(18)19-2/h4-9,14,17H,3H2,1-2H3. The smallest absolute Gasteiger partial charge is 0.373 e. The van der Waals surface area contributed by atoms with Crippen LogP contribution in [0, 0.1) is 3.57 Å². The maximum Gasteiger partial charge on any atom is 0.373 e. The predicted molar refractivity (Wildman–Crippen MR) is 84.7 cm³/mol. The number of furan rings is 1. The number of esters is 1. The summed E-state index contributed by atoms with van der Waals surface area (Å²) in [6.07, 6.45) is 0. The van der Waals surface area contributed by atoms with Crippen molar-refractivity contribution >= 4 is 28.6 Å². The van der Waals surface area contributed by atoms with Gasteiger partial charge in [-0.25, -0.2) is 4.79 Å². The summed E-state index contributed by atoms with van der Waals surface area (Å²) in [5, 5.41) is 3.36. The number of methoxy groups -OCH3 is 1. The highest BCUT2D eigenvalue weighted by Gasteiger charge is 2.19. The van der Waals surface area contributed by atoms with E-state index in [1.165, 1.54) is 10.7 Å². The fourth-order valence-corrected chi connectivity index (χ4v) is 2.32. The molecule has 1 aromatic heterocycles. The molecule has 0 bridgehead atoms. The Morgan fingerprint density at radius 3 is 2.60 bits per heavy atom. The first-order valence-corrected chi connectivity index (χ1v) is 7.40. The van der Waals surface area contributed by atoms with E-state index in [1.807, 2.05) is 19.1 Å². The van der Waals surface area contributed by atoms with Crippen molar-refractivity contribution in [2.75, 3.05) is 13.7 Å². The quantitative estimate of drug-likeness (QED) is 0.634. The Hall–Kier alpha value is -1.34. The van der Waals surface area contributed by atoms with Crippen LogP contribution in [0.1, 0.15) is 34.8 Å². The van der Waals surface area contributed by atoms with Crippen molar-refractivity contribution < 1.29 is 13.9 Å². The average molecular weight is 385 g/mol. The predicted octanol–water partition coefficient (Wildman–Crippen LogP) is 3.37. The van der Waals surface area contributed by atoms with Crippen molar-refractivity contribution in [2.45, 2.75) is 13.0 Å². The molecular weight excluding hydrogens is 369 g/mol. The van der Waals surface area contributed by atoms with Gasteiger partial charge < -0.3 is 14.5 Å². The summed E-state index contributed by atoms with van der Waals surface area (Å²) in [5.74, 6) is 0.457. The number of ether oxygens (including phenoxy) is 1. The van der Waals surface area contributed by atoms with E-state index in [0.717, 1.165) is 12.1 Å². The summed E-state index contributed by atoms with van der Waals surface area (Å²) in [6, 6.07) is 11.6. The molecule has 20 heavy (non-hydrogen) atoms. The van der Waals surface area contributed by atoms with E-state index in [-0.39, 0.29) is 11.8 Å². The van der Waals surface area contributed by atoms with E-state index in [9.17, 15) is 4.79 Å². The lowest BCUT2D eigenvalue weighted by Gasteiger charge is -2.16. The van der Waals surface area contributed by atoms with Crippen LogP contribution in [0.5, 0.6) is 0 Å². The number of hydrogen-bond donors (Lipinski definition) is 1. The van der Waals surface area contributed by atoms with Gasteiger partial charge in [-0.3, -0.25) is 0 Å². The summed E-state index contributed by atoms with van der Waals surface area (Å²) in [4.78, 5) is 11.5. The lowest BCUT2D eigenvalue weighted by atomic mass is 10.0. The van der Waals surface area contributed by atoms with E-state index in [2.05, 4.69) is 44.8 Å². The minimum atomic E-state index is -0.464. The van der Waals surface area contributed by atoms with Crippen LogP contribution in [-0.2, 0) is 4.74 Å². The molecule has 0 aliphatic rings. The van der Waals surface area contributed by atoms with Crippen LogP contribution in [-0.4, -0.2) is 19.6 Å². The minimum Gasteiger partial charge on any atom is -0.463 e. The van der Waals surface area contributed by atoms with E-state index in [1.54, 1.807) is 12.1 Å². The van der Waals surface area contributed by atoms with Crippen molar-refractivity contribution in [3.63, 3.8) is 0 Å². The van der Waals surface area contributed by atoms with E-state index < -0.39 is 5.97 Å². The topological polar surface area (TPSA) is 51.5 Å². The Bertz CT molecular complexity index is 577. The summed E-state index contributed by atoms with van der Waals surface area (Å²) in [6.45, 7) is 2.83. The third kappa shape index (κ3) is 3.40.